The first-order valence-electron chi connectivity index (χ1n) is 5.96. The third-order valence-electron chi connectivity index (χ3n) is 2.85. The van der Waals surface area contributed by atoms with Gasteiger partial charge in [0.05, 0.1) is 6.61 Å². The van der Waals surface area contributed by atoms with Gasteiger partial charge in [-0.3, -0.25) is 9.59 Å². The first-order chi connectivity index (χ1) is 9.79. The average molecular weight is 363 g/mol. The molecule has 0 bridgehead atoms. The number of halogens is 1. The lowest BCUT2D eigenvalue weighted by molar-refractivity contribution is -0.142. The van der Waals surface area contributed by atoms with Crippen LogP contribution in [0.3, 0.4) is 0 Å². The average Bonchev–Trinajstić information content (AvgIpc) is 2.51. The molecule has 116 valence electrons. The van der Waals surface area contributed by atoms with E-state index in [1.165, 1.54) is 24.3 Å². The summed E-state index contributed by atoms with van der Waals surface area (Å²) >= 11 is 3.16. The third-order valence-corrected chi connectivity index (χ3v) is 3.38. The summed E-state index contributed by atoms with van der Waals surface area (Å²) in [5, 5.41) is 46.3. The van der Waals surface area contributed by atoms with Crippen LogP contribution >= 0.6 is 15.9 Å². The highest BCUT2D eigenvalue weighted by Gasteiger charge is 2.36. The molecule has 0 spiro atoms. The summed E-state index contributed by atoms with van der Waals surface area (Å²) < 4.78 is 0.688. The minimum absolute atomic E-state index is 0.00615. The highest BCUT2D eigenvalue weighted by Crippen LogP contribution is 2.13. The minimum Gasteiger partial charge on any atom is -0.394 e. The highest BCUT2D eigenvalue weighted by molar-refractivity contribution is 9.10. The summed E-state index contributed by atoms with van der Waals surface area (Å²) in [7, 11) is 0. The van der Waals surface area contributed by atoms with Crippen LogP contribution in [0.25, 0.3) is 0 Å². The summed E-state index contributed by atoms with van der Waals surface area (Å²) in [6.45, 7) is -0.875. The Hall–Kier alpha value is -1.16. The van der Waals surface area contributed by atoms with Crippen LogP contribution < -0.4 is 0 Å². The summed E-state index contributed by atoms with van der Waals surface area (Å²) in [6.07, 6.45) is -8.02. The Bertz CT molecular complexity index is 502. The van der Waals surface area contributed by atoms with Crippen molar-refractivity contribution >= 4 is 27.5 Å². The number of ketones is 2. The molecule has 0 aliphatic heterocycles. The summed E-state index contributed by atoms with van der Waals surface area (Å²) in [5.74, 6) is -2.37. The van der Waals surface area contributed by atoms with Crippen LogP contribution in [-0.2, 0) is 4.79 Å². The van der Waals surface area contributed by atoms with E-state index in [0.717, 1.165) is 0 Å². The SMILES string of the molecule is O=C(C(=O)[C@H](O)[C@@H](O)[C@H](O)[C@H](O)CO)c1ccc(Br)cc1. The molecule has 4 atom stereocenters. The number of aliphatic hydroxyl groups is 5. The predicted octanol–water partition coefficient (Wildman–Crippen LogP) is -1.36. The van der Waals surface area contributed by atoms with E-state index in [2.05, 4.69) is 15.9 Å². The van der Waals surface area contributed by atoms with Gasteiger partial charge in [-0.05, 0) is 24.3 Å². The van der Waals surface area contributed by atoms with E-state index in [4.69, 9.17) is 10.2 Å². The lowest BCUT2D eigenvalue weighted by Crippen LogP contribution is -2.50. The van der Waals surface area contributed by atoms with Crippen molar-refractivity contribution in [2.45, 2.75) is 24.4 Å². The van der Waals surface area contributed by atoms with Gasteiger partial charge in [0.25, 0.3) is 0 Å². The van der Waals surface area contributed by atoms with Gasteiger partial charge in [0.2, 0.25) is 11.6 Å². The van der Waals surface area contributed by atoms with Crippen LogP contribution in [0.5, 0.6) is 0 Å². The van der Waals surface area contributed by atoms with Crippen molar-refractivity contribution in [3.05, 3.63) is 34.3 Å². The van der Waals surface area contributed by atoms with E-state index in [1.807, 2.05) is 0 Å². The number of rotatable bonds is 7. The molecule has 8 heteroatoms. The van der Waals surface area contributed by atoms with E-state index in [0.29, 0.717) is 4.47 Å². The first kappa shape index (κ1) is 17.9. The largest absolute Gasteiger partial charge is 0.394 e. The van der Waals surface area contributed by atoms with Crippen LogP contribution in [0, 0.1) is 0 Å². The molecule has 21 heavy (non-hydrogen) atoms. The van der Waals surface area contributed by atoms with E-state index >= 15 is 0 Å². The Morgan fingerprint density at radius 2 is 1.52 bits per heavy atom. The third kappa shape index (κ3) is 4.40. The molecule has 0 unspecified atom stereocenters. The molecule has 1 rings (SSSR count). The molecule has 0 aliphatic rings. The second-order valence-corrected chi connectivity index (χ2v) is 5.29. The fourth-order valence-electron chi connectivity index (χ4n) is 1.56. The molecule has 1 aromatic rings. The molecule has 0 radical (unpaired) electrons. The molecule has 0 heterocycles. The Morgan fingerprint density at radius 1 is 1.00 bits per heavy atom. The van der Waals surface area contributed by atoms with Gasteiger partial charge in [0.15, 0.2) is 0 Å². The maximum Gasteiger partial charge on any atom is 0.234 e. The van der Waals surface area contributed by atoms with E-state index in [1.54, 1.807) is 0 Å². The van der Waals surface area contributed by atoms with Gasteiger partial charge in [0.1, 0.15) is 24.4 Å². The van der Waals surface area contributed by atoms with Crippen molar-refractivity contribution in [1.82, 2.24) is 0 Å². The second kappa shape index (κ2) is 7.74. The standard InChI is InChI=1S/C13H15BrO7/c14-7-3-1-6(2-4-7)9(17)11(19)13(21)12(20)10(18)8(16)5-15/h1-4,8,10,12-13,15-16,18,20-21H,5H2/t8-,10-,12+,13+/m1/s1. The lowest BCUT2D eigenvalue weighted by Gasteiger charge is -2.24. The molecule has 7 nitrogen and oxygen atoms in total. The Labute approximate surface area is 128 Å². The van der Waals surface area contributed by atoms with Crippen LogP contribution in [-0.4, -0.2) is 68.1 Å². The molecule has 0 saturated carbocycles. The number of aliphatic hydroxyl groups excluding tert-OH is 5. The monoisotopic (exact) mass is 362 g/mol. The van der Waals surface area contributed by atoms with Gasteiger partial charge >= 0.3 is 0 Å². The predicted molar refractivity (Wildman–Crippen MR) is 74.6 cm³/mol. The van der Waals surface area contributed by atoms with Crippen LogP contribution in [0.4, 0.5) is 0 Å². The van der Waals surface area contributed by atoms with Gasteiger partial charge in [-0.1, -0.05) is 15.9 Å². The van der Waals surface area contributed by atoms with Gasteiger partial charge in [-0.2, -0.15) is 0 Å². The quantitative estimate of drug-likeness (QED) is 0.298. The smallest absolute Gasteiger partial charge is 0.234 e. The van der Waals surface area contributed by atoms with Crippen molar-refractivity contribution in [2.24, 2.45) is 0 Å². The minimum atomic E-state index is -2.21. The number of Topliss-reactive ketones (excluding diaryl/α,β-unsaturated/α-hetero) is 2. The van der Waals surface area contributed by atoms with Crippen molar-refractivity contribution in [1.29, 1.82) is 0 Å². The van der Waals surface area contributed by atoms with Crippen molar-refractivity contribution in [3.63, 3.8) is 0 Å². The van der Waals surface area contributed by atoms with Crippen LogP contribution in [0.2, 0.25) is 0 Å². The summed E-state index contributed by atoms with van der Waals surface area (Å²) in [5.41, 5.74) is 0.00615. The number of benzene rings is 1. The molecular formula is C13H15BrO7. The highest BCUT2D eigenvalue weighted by atomic mass is 79.9. The first-order valence-corrected chi connectivity index (χ1v) is 6.76. The molecule has 0 fully saturated rings. The zero-order valence-corrected chi connectivity index (χ0v) is 12.3. The molecule has 1 aromatic carbocycles. The molecular weight excluding hydrogens is 348 g/mol. The van der Waals surface area contributed by atoms with Crippen LogP contribution in [0.15, 0.2) is 28.7 Å². The molecule has 0 aliphatic carbocycles. The lowest BCUT2D eigenvalue weighted by atomic mass is 9.96. The van der Waals surface area contributed by atoms with Gasteiger partial charge in [-0.25, -0.2) is 0 Å². The maximum absolute atomic E-state index is 11.8. The second-order valence-electron chi connectivity index (χ2n) is 4.38. The molecule has 0 saturated heterocycles. The van der Waals surface area contributed by atoms with Gasteiger partial charge in [-0.15, -0.1) is 0 Å². The fraction of sp³-hybridized carbons (Fsp3) is 0.385. The molecule has 0 aromatic heterocycles. The van der Waals surface area contributed by atoms with Gasteiger partial charge in [0, 0.05) is 10.0 Å². The van der Waals surface area contributed by atoms with E-state index < -0.39 is 42.6 Å². The Balaban J connectivity index is 2.82. The molecule has 0 amide bonds. The fourth-order valence-corrected chi connectivity index (χ4v) is 1.82. The van der Waals surface area contributed by atoms with Crippen molar-refractivity contribution in [2.75, 3.05) is 6.61 Å². The molecule has 5 N–H and O–H groups in total. The maximum atomic E-state index is 11.8. The van der Waals surface area contributed by atoms with Crippen molar-refractivity contribution < 1.29 is 35.1 Å². The number of hydrogen-bond acceptors (Lipinski definition) is 7. The summed E-state index contributed by atoms with van der Waals surface area (Å²) in [6, 6.07) is 5.74. The van der Waals surface area contributed by atoms with Crippen molar-refractivity contribution in [3.8, 4) is 0 Å². The van der Waals surface area contributed by atoms with E-state index in [-0.39, 0.29) is 5.56 Å². The zero-order chi connectivity index (χ0) is 16.2. The number of carbonyl (C=O) groups excluding carboxylic acids is 2. The van der Waals surface area contributed by atoms with E-state index in [9.17, 15) is 24.9 Å². The van der Waals surface area contributed by atoms with Gasteiger partial charge < -0.3 is 25.5 Å². The number of carbonyl (C=O) groups is 2. The van der Waals surface area contributed by atoms with Crippen LogP contribution in [0.1, 0.15) is 10.4 Å². The topological polar surface area (TPSA) is 135 Å². The number of hydrogen-bond donors (Lipinski definition) is 5. The Morgan fingerprint density at radius 3 is 2.00 bits per heavy atom. The Kier molecular flexibility index (Phi) is 6.59. The zero-order valence-electron chi connectivity index (χ0n) is 10.8. The normalized spacial score (nSPS) is 16.9. The summed E-state index contributed by atoms with van der Waals surface area (Å²) in [4.78, 5) is 23.6.